The Kier molecular flexibility index (Phi) is 5.78. The molecule has 0 atom stereocenters. The average molecular weight is 415 g/mol. The van der Waals surface area contributed by atoms with Gasteiger partial charge in [0.25, 0.3) is 0 Å². The number of esters is 1. The number of carbonyl (C=O) groups excluding carboxylic acids is 1. The van der Waals surface area contributed by atoms with Crippen molar-refractivity contribution in [1.29, 1.82) is 0 Å². The van der Waals surface area contributed by atoms with Gasteiger partial charge in [-0.15, -0.1) is 0 Å². The van der Waals surface area contributed by atoms with Crippen LogP contribution in [0.3, 0.4) is 0 Å². The molecule has 0 amide bonds. The van der Waals surface area contributed by atoms with Gasteiger partial charge in [-0.3, -0.25) is 0 Å². The summed E-state index contributed by atoms with van der Waals surface area (Å²) >= 11 is 3.45. The van der Waals surface area contributed by atoms with Gasteiger partial charge in [-0.1, -0.05) is 28.1 Å². The summed E-state index contributed by atoms with van der Waals surface area (Å²) in [6.07, 6.45) is 0. The standard InChI is InChI=1S/C21H19BrO4/c1-3-24-19-10-7-16(13-20(19)25-4-2)21(23)26-18-9-6-14-11-17(22)8-5-15(14)12-18/h5-13H,3-4H2,1-2H3. The van der Waals surface area contributed by atoms with Gasteiger partial charge in [0.2, 0.25) is 0 Å². The molecule has 134 valence electrons. The van der Waals surface area contributed by atoms with Crippen LogP contribution < -0.4 is 14.2 Å². The van der Waals surface area contributed by atoms with Crippen molar-refractivity contribution in [2.45, 2.75) is 13.8 Å². The third kappa shape index (κ3) is 4.17. The lowest BCUT2D eigenvalue weighted by Crippen LogP contribution is -2.09. The van der Waals surface area contributed by atoms with Crippen molar-refractivity contribution in [1.82, 2.24) is 0 Å². The quantitative estimate of drug-likeness (QED) is 0.387. The van der Waals surface area contributed by atoms with Crippen LogP contribution in [0, 0.1) is 0 Å². The van der Waals surface area contributed by atoms with Crippen molar-refractivity contribution in [3.8, 4) is 17.2 Å². The SMILES string of the molecule is CCOc1ccc(C(=O)Oc2ccc3cc(Br)ccc3c2)cc1OCC. The monoisotopic (exact) mass is 414 g/mol. The van der Waals surface area contributed by atoms with Gasteiger partial charge in [-0.05, 0) is 67.1 Å². The maximum atomic E-state index is 12.5. The second kappa shape index (κ2) is 8.23. The molecule has 26 heavy (non-hydrogen) atoms. The summed E-state index contributed by atoms with van der Waals surface area (Å²) in [5.41, 5.74) is 0.410. The molecule has 0 saturated carbocycles. The van der Waals surface area contributed by atoms with Gasteiger partial charge in [0.15, 0.2) is 11.5 Å². The summed E-state index contributed by atoms with van der Waals surface area (Å²) in [4.78, 5) is 12.5. The molecule has 0 bridgehead atoms. The molecule has 3 aromatic carbocycles. The van der Waals surface area contributed by atoms with Gasteiger partial charge in [-0.25, -0.2) is 4.79 Å². The van der Waals surface area contributed by atoms with E-state index in [0.717, 1.165) is 15.2 Å². The van der Waals surface area contributed by atoms with Crippen LogP contribution in [0.5, 0.6) is 17.2 Å². The number of benzene rings is 3. The Morgan fingerprint density at radius 2 is 1.54 bits per heavy atom. The van der Waals surface area contributed by atoms with Gasteiger partial charge < -0.3 is 14.2 Å². The first kappa shape index (κ1) is 18.3. The highest BCUT2D eigenvalue weighted by molar-refractivity contribution is 9.10. The van der Waals surface area contributed by atoms with E-state index in [9.17, 15) is 4.79 Å². The zero-order valence-electron chi connectivity index (χ0n) is 14.6. The van der Waals surface area contributed by atoms with Crippen molar-refractivity contribution in [2.75, 3.05) is 13.2 Å². The molecule has 4 nitrogen and oxygen atoms in total. The molecule has 0 aromatic heterocycles. The van der Waals surface area contributed by atoms with E-state index in [1.165, 1.54) is 0 Å². The van der Waals surface area contributed by atoms with Gasteiger partial charge >= 0.3 is 5.97 Å². The molecule has 0 aliphatic rings. The maximum Gasteiger partial charge on any atom is 0.343 e. The molecule has 0 unspecified atom stereocenters. The summed E-state index contributed by atoms with van der Waals surface area (Å²) in [7, 11) is 0. The van der Waals surface area contributed by atoms with Crippen LogP contribution in [0.25, 0.3) is 10.8 Å². The summed E-state index contributed by atoms with van der Waals surface area (Å²) in [6.45, 7) is 4.79. The second-order valence-electron chi connectivity index (χ2n) is 5.57. The number of hydrogen-bond donors (Lipinski definition) is 0. The number of hydrogen-bond acceptors (Lipinski definition) is 4. The van der Waals surface area contributed by atoms with E-state index >= 15 is 0 Å². The second-order valence-corrected chi connectivity index (χ2v) is 6.49. The topological polar surface area (TPSA) is 44.8 Å². The molecule has 0 heterocycles. The molecule has 3 rings (SSSR count). The molecule has 0 spiro atoms. The number of halogens is 1. The van der Waals surface area contributed by atoms with Gasteiger partial charge in [0.1, 0.15) is 5.75 Å². The Labute approximate surface area is 160 Å². The Hall–Kier alpha value is -2.53. The number of fused-ring (bicyclic) bond motifs is 1. The predicted molar refractivity (Wildman–Crippen MR) is 105 cm³/mol. The molecule has 0 N–H and O–H groups in total. The molecule has 0 saturated heterocycles. The largest absolute Gasteiger partial charge is 0.490 e. The zero-order chi connectivity index (χ0) is 18.5. The lowest BCUT2D eigenvalue weighted by atomic mass is 10.1. The van der Waals surface area contributed by atoms with E-state index in [1.54, 1.807) is 24.3 Å². The highest BCUT2D eigenvalue weighted by Crippen LogP contribution is 2.29. The normalized spacial score (nSPS) is 10.6. The minimum Gasteiger partial charge on any atom is -0.490 e. The summed E-state index contributed by atoms with van der Waals surface area (Å²) in [5.74, 6) is 1.21. The lowest BCUT2D eigenvalue weighted by molar-refractivity contribution is 0.0734. The first-order valence-electron chi connectivity index (χ1n) is 8.42. The molecular formula is C21H19BrO4. The van der Waals surface area contributed by atoms with E-state index in [1.807, 2.05) is 44.2 Å². The molecule has 5 heteroatoms. The van der Waals surface area contributed by atoms with E-state index in [2.05, 4.69) is 15.9 Å². The Bertz CT molecular complexity index is 936. The van der Waals surface area contributed by atoms with E-state index in [-0.39, 0.29) is 0 Å². The summed E-state index contributed by atoms with van der Waals surface area (Å²) in [5, 5.41) is 2.07. The van der Waals surface area contributed by atoms with Crippen LogP contribution in [-0.2, 0) is 0 Å². The van der Waals surface area contributed by atoms with E-state index < -0.39 is 5.97 Å². The van der Waals surface area contributed by atoms with Crippen molar-refractivity contribution in [3.05, 3.63) is 64.6 Å². The smallest absolute Gasteiger partial charge is 0.343 e. The van der Waals surface area contributed by atoms with E-state index in [4.69, 9.17) is 14.2 Å². The third-order valence-corrected chi connectivity index (χ3v) is 4.26. The fourth-order valence-corrected chi connectivity index (χ4v) is 2.98. The Morgan fingerprint density at radius 3 is 2.31 bits per heavy atom. The van der Waals surface area contributed by atoms with E-state index in [0.29, 0.717) is 36.0 Å². The molecule has 0 fully saturated rings. The van der Waals surface area contributed by atoms with Gasteiger partial charge in [-0.2, -0.15) is 0 Å². The van der Waals surface area contributed by atoms with Crippen molar-refractivity contribution < 1.29 is 19.0 Å². The minimum atomic E-state index is -0.439. The van der Waals surface area contributed by atoms with Crippen LogP contribution in [0.1, 0.15) is 24.2 Å². The number of ether oxygens (including phenoxy) is 3. The minimum absolute atomic E-state index is 0.410. The number of rotatable bonds is 6. The number of carbonyl (C=O) groups is 1. The van der Waals surface area contributed by atoms with Crippen molar-refractivity contribution in [3.63, 3.8) is 0 Å². The van der Waals surface area contributed by atoms with Crippen LogP contribution >= 0.6 is 15.9 Å². The fourth-order valence-electron chi connectivity index (χ4n) is 2.60. The first-order valence-corrected chi connectivity index (χ1v) is 9.21. The fraction of sp³-hybridized carbons (Fsp3) is 0.190. The van der Waals surface area contributed by atoms with Gasteiger partial charge in [0.05, 0.1) is 18.8 Å². The highest BCUT2D eigenvalue weighted by Gasteiger charge is 2.14. The van der Waals surface area contributed by atoms with Crippen molar-refractivity contribution in [2.24, 2.45) is 0 Å². The molecule has 0 radical (unpaired) electrons. The Balaban J connectivity index is 1.83. The molecule has 3 aromatic rings. The predicted octanol–water partition coefficient (Wildman–Crippen LogP) is 5.62. The Morgan fingerprint density at radius 1 is 0.846 bits per heavy atom. The average Bonchev–Trinajstić information content (AvgIpc) is 2.63. The summed E-state index contributed by atoms with van der Waals surface area (Å²) in [6, 6.07) is 16.5. The van der Waals surface area contributed by atoms with Crippen molar-refractivity contribution >= 4 is 32.7 Å². The zero-order valence-corrected chi connectivity index (χ0v) is 16.2. The van der Waals surface area contributed by atoms with Crippen LogP contribution in [0.2, 0.25) is 0 Å². The van der Waals surface area contributed by atoms with Gasteiger partial charge in [0, 0.05) is 4.47 Å². The molecular weight excluding hydrogens is 396 g/mol. The summed E-state index contributed by atoms with van der Waals surface area (Å²) < 4.78 is 17.6. The highest BCUT2D eigenvalue weighted by atomic mass is 79.9. The third-order valence-electron chi connectivity index (χ3n) is 3.76. The maximum absolute atomic E-state index is 12.5. The lowest BCUT2D eigenvalue weighted by Gasteiger charge is -2.12. The van der Waals surface area contributed by atoms with Crippen LogP contribution in [-0.4, -0.2) is 19.2 Å². The molecule has 0 aliphatic carbocycles. The van der Waals surface area contributed by atoms with Crippen LogP contribution in [0.15, 0.2) is 59.1 Å². The van der Waals surface area contributed by atoms with Crippen LogP contribution in [0.4, 0.5) is 0 Å². The first-order chi connectivity index (χ1) is 12.6. The molecule has 0 aliphatic heterocycles.